The van der Waals surface area contributed by atoms with Crippen molar-refractivity contribution in [2.24, 2.45) is 17.3 Å². The first-order chi connectivity index (χ1) is 16.7. The molecule has 0 saturated carbocycles. The number of rotatable bonds is 10. The van der Waals surface area contributed by atoms with Crippen molar-refractivity contribution in [3.05, 3.63) is 71.3 Å². The third-order valence-electron chi connectivity index (χ3n) is 7.27. The zero-order chi connectivity index (χ0) is 25.2. The van der Waals surface area contributed by atoms with Crippen LogP contribution in [0.3, 0.4) is 0 Å². The van der Waals surface area contributed by atoms with E-state index in [2.05, 4.69) is 0 Å². The number of amides is 3. The van der Waals surface area contributed by atoms with Crippen LogP contribution in [-0.2, 0) is 16.0 Å². The number of carbonyl (C=O) groups is 4. The van der Waals surface area contributed by atoms with Crippen LogP contribution in [0.1, 0.15) is 59.4 Å². The van der Waals surface area contributed by atoms with Gasteiger partial charge in [-0.3, -0.25) is 24.1 Å². The Morgan fingerprint density at radius 2 is 1.57 bits per heavy atom. The van der Waals surface area contributed by atoms with E-state index in [-0.39, 0.29) is 42.5 Å². The van der Waals surface area contributed by atoms with E-state index in [9.17, 15) is 24.3 Å². The number of hydrogen-bond acceptors (Lipinski definition) is 4. The standard InChI is InChI=1S/C28H32N2O5/c1-19(2)16-28(17-24(31)32)21(18-29(27(28)35)14-12-20-8-4-3-5-9-20)13-15-30-25(33)22-10-6-7-11-23(22)26(30)34/h3-11,19,21H,12-18H2,1-2H3,(H,31,32). The van der Waals surface area contributed by atoms with Gasteiger partial charge in [0.15, 0.2) is 0 Å². The van der Waals surface area contributed by atoms with Crippen LogP contribution in [0.15, 0.2) is 54.6 Å². The highest BCUT2D eigenvalue weighted by Crippen LogP contribution is 2.47. The summed E-state index contributed by atoms with van der Waals surface area (Å²) in [6.45, 7) is 5.08. The molecule has 2 aliphatic rings. The number of fused-ring (bicyclic) bond motifs is 1. The summed E-state index contributed by atoms with van der Waals surface area (Å²) >= 11 is 0. The lowest BCUT2D eigenvalue weighted by molar-refractivity contribution is -0.148. The minimum absolute atomic E-state index is 0.120. The van der Waals surface area contributed by atoms with Crippen molar-refractivity contribution >= 4 is 23.7 Å². The van der Waals surface area contributed by atoms with E-state index in [1.54, 1.807) is 29.2 Å². The average Bonchev–Trinajstić information content (AvgIpc) is 3.21. The molecule has 0 aliphatic carbocycles. The van der Waals surface area contributed by atoms with Crippen LogP contribution < -0.4 is 0 Å². The Bertz CT molecular complexity index is 1090. The smallest absolute Gasteiger partial charge is 0.304 e. The molecule has 35 heavy (non-hydrogen) atoms. The number of aliphatic carboxylic acids is 1. The van der Waals surface area contributed by atoms with Gasteiger partial charge in [0.25, 0.3) is 11.8 Å². The molecule has 1 fully saturated rings. The Morgan fingerprint density at radius 3 is 2.14 bits per heavy atom. The van der Waals surface area contributed by atoms with Gasteiger partial charge >= 0.3 is 5.97 Å². The minimum atomic E-state index is -1.05. The predicted octanol–water partition coefficient (Wildman–Crippen LogP) is 3.88. The molecule has 0 bridgehead atoms. The van der Waals surface area contributed by atoms with Crippen molar-refractivity contribution in [1.29, 1.82) is 0 Å². The molecular formula is C28H32N2O5. The van der Waals surface area contributed by atoms with Crippen LogP contribution in [0.4, 0.5) is 0 Å². The van der Waals surface area contributed by atoms with E-state index < -0.39 is 11.4 Å². The van der Waals surface area contributed by atoms with Crippen LogP contribution >= 0.6 is 0 Å². The lowest BCUT2D eigenvalue weighted by atomic mass is 9.68. The van der Waals surface area contributed by atoms with Gasteiger partial charge in [0.05, 0.1) is 23.0 Å². The number of likely N-dealkylation sites (tertiary alicyclic amines) is 1. The molecule has 2 aromatic carbocycles. The maximum atomic E-state index is 13.7. The SMILES string of the molecule is CC(C)CC1(CC(=O)O)C(=O)N(CCc2ccccc2)CC1CCN1C(=O)c2ccccc2C1=O. The number of hydrogen-bond donors (Lipinski definition) is 1. The normalized spacial score (nSPS) is 21.8. The molecule has 184 valence electrons. The summed E-state index contributed by atoms with van der Waals surface area (Å²) in [5, 5.41) is 9.77. The molecule has 7 nitrogen and oxygen atoms in total. The summed E-state index contributed by atoms with van der Waals surface area (Å²) in [6.07, 6.45) is 1.27. The van der Waals surface area contributed by atoms with Crippen LogP contribution in [0, 0.1) is 17.3 Å². The van der Waals surface area contributed by atoms with Crippen LogP contribution in [0.5, 0.6) is 0 Å². The van der Waals surface area contributed by atoms with E-state index in [4.69, 9.17) is 0 Å². The number of imide groups is 1. The zero-order valence-electron chi connectivity index (χ0n) is 20.3. The Labute approximate surface area is 205 Å². The van der Waals surface area contributed by atoms with Gasteiger partial charge in [-0.1, -0.05) is 56.3 Å². The highest BCUT2D eigenvalue weighted by molar-refractivity contribution is 6.21. The van der Waals surface area contributed by atoms with Gasteiger partial charge in [0.2, 0.25) is 5.91 Å². The second kappa shape index (κ2) is 10.0. The van der Waals surface area contributed by atoms with Crippen molar-refractivity contribution in [2.75, 3.05) is 19.6 Å². The van der Waals surface area contributed by atoms with Gasteiger partial charge in [-0.05, 0) is 48.8 Å². The minimum Gasteiger partial charge on any atom is -0.481 e. The predicted molar refractivity (Wildman–Crippen MR) is 131 cm³/mol. The van der Waals surface area contributed by atoms with E-state index in [1.807, 2.05) is 44.2 Å². The topological polar surface area (TPSA) is 95.0 Å². The third-order valence-corrected chi connectivity index (χ3v) is 7.27. The van der Waals surface area contributed by atoms with E-state index in [0.717, 1.165) is 5.56 Å². The third kappa shape index (κ3) is 4.85. The summed E-state index contributed by atoms with van der Waals surface area (Å²) in [5.41, 5.74) is 0.851. The molecule has 1 N–H and O–H groups in total. The fourth-order valence-corrected chi connectivity index (χ4v) is 5.75. The van der Waals surface area contributed by atoms with E-state index in [1.165, 1.54) is 4.90 Å². The Morgan fingerprint density at radius 1 is 0.971 bits per heavy atom. The lowest BCUT2D eigenvalue weighted by Crippen LogP contribution is -2.41. The van der Waals surface area contributed by atoms with Gasteiger partial charge in [0, 0.05) is 19.6 Å². The molecule has 2 heterocycles. The molecule has 0 aromatic heterocycles. The fourth-order valence-electron chi connectivity index (χ4n) is 5.75. The van der Waals surface area contributed by atoms with Gasteiger partial charge in [-0.15, -0.1) is 0 Å². The first-order valence-electron chi connectivity index (χ1n) is 12.2. The van der Waals surface area contributed by atoms with E-state index in [0.29, 0.717) is 43.5 Å². The molecule has 2 aliphatic heterocycles. The number of nitrogens with zero attached hydrogens (tertiary/aromatic N) is 2. The van der Waals surface area contributed by atoms with Gasteiger partial charge in [-0.25, -0.2) is 0 Å². The molecule has 0 radical (unpaired) electrons. The van der Waals surface area contributed by atoms with Crippen molar-refractivity contribution in [1.82, 2.24) is 9.80 Å². The van der Waals surface area contributed by atoms with Gasteiger partial charge in [-0.2, -0.15) is 0 Å². The molecule has 3 amide bonds. The monoisotopic (exact) mass is 476 g/mol. The second-order valence-corrected chi connectivity index (χ2v) is 10.1. The molecule has 4 rings (SSSR count). The zero-order valence-corrected chi connectivity index (χ0v) is 20.3. The fraction of sp³-hybridized carbons (Fsp3) is 0.429. The Kier molecular flexibility index (Phi) is 7.05. The molecular weight excluding hydrogens is 444 g/mol. The van der Waals surface area contributed by atoms with Gasteiger partial charge in [0.1, 0.15) is 0 Å². The maximum Gasteiger partial charge on any atom is 0.304 e. The van der Waals surface area contributed by atoms with Gasteiger partial charge < -0.3 is 10.0 Å². The largest absolute Gasteiger partial charge is 0.481 e. The van der Waals surface area contributed by atoms with Crippen molar-refractivity contribution in [3.8, 4) is 0 Å². The molecule has 2 atom stereocenters. The highest BCUT2D eigenvalue weighted by atomic mass is 16.4. The van der Waals surface area contributed by atoms with Crippen molar-refractivity contribution in [3.63, 3.8) is 0 Å². The van der Waals surface area contributed by atoms with Crippen molar-refractivity contribution < 1.29 is 24.3 Å². The molecule has 0 spiro atoms. The number of benzene rings is 2. The number of carbonyl (C=O) groups excluding carboxylic acids is 3. The summed E-state index contributed by atoms with van der Waals surface area (Å²) in [7, 11) is 0. The average molecular weight is 477 g/mol. The Hall–Kier alpha value is -3.48. The first kappa shape index (κ1) is 24.6. The highest BCUT2D eigenvalue weighted by Gasteiger charge is 2.54. The maximum absolute atomic E-state index is 13.7. The number of carboxylic acid groups (broad SMARTS) is 1. The molecule has 7 heteroatoms. The van der Waals surface area contributed by atoms with Crippen LogP contribution in [0.2, 0.25) is 0 Å². The van der Waals surface area contributed by atoms with E-state index >= 15 is 0 Å². The number of carboxylic acids is 1. The summed E-state index contributed by atoms with van der Waals surface area (Å²) < 4.78 is 0. The second-order valence-electron chi connectivity index (χ2n) is 10.1. The summed E-state index contributed by atoms with van der Waals surface area (Å²) in [6, 6.07) is 16.6. The quantitative estimate of drug-likeness (QED) is 0.525. The van der Waals surface area contributed by atoms with Crippen molar-refractivity contribution in [2.45, 2.75) is 39.5 Å². The molecule has 2 aromatic rings. The molecule has 1 saturated heterocycles. The Balaban J connectivity index is 1.55. The van der Waals surface area contributed by atoms with Crippen LogP contribution in [0.25, 0.3) is 0 Å². The first-order valence-corrected chi connectivity index (χ1v) is 12.2. The van der Waals surface area contributed by atoms with Crippen LogP contribution in [-0.4, -0.2) is 58.2 Å². The lowest BCUT2D eigenvalue weighted by Gasteiger charge is -2.33. The molecule has 2 unspecified atom stereocenters. The summed E-state index contributed by atoms with van der Waals surface area (Å²) in [5.74, 6) is -1.94. The summed E-state index contributed by atoms with van der Waals surface area (Å²) in [4.78, 5) is 54.4.